The second-order valence-electron chi connectivity index (χ2n) is 8.39. The zero-order chi connectivity index (χ0) is 19.8. The minimum absolute atomic E-state index is 0.299. The maximum Gasteiger partial charge on any atom is 0.341 e. The van der Waals surface area contributed by atoms with Crippen molar-refractivity contribution in [3.05, 3.63) is 16.0 Å². The zero-order valence-corrected chi connectivity index (χ0v) is 16.9. The second-order valence-corrected chi connectivity index (χ2v) is 9.49. The number of carboxylic acids is 1. The zero-order valence-electron chi connectivity index (χ0n) is 16.1. The van der Waals surface area contributed by atoms with Gasteiger partial charge in [-0.1, -0.05) is 12.8 Å². The van der Waals surface area contributed by atoms with E-state index in [9.17, 15) is 19.5 Å². The van der Waals surface area contributed by atoms with E-state index in [-0.39, 0.29) is 5.91 Å². The van der Waals surface area contributed by atoms with Gasteiger partial charge in [0.05, 0.1) is 17.4 Å². The van der Waals surface area contributed by atoms with Crippen LogP contribution in [0.15, 0.2) is 0 Å². The Morgan fingerprint density at radius 2 is 1.74 bits per heavy atom. The molecule has 6 nitrogen and oxygen atoms in total. The fourth-order valence-corrected chi connectivity index (χ4v) is 5.26. The third kappa shape index (κ3) is 4.34. The molecule has 0 saturated heterocycles. The van der Waals surface area contributed by atoms with E-state index in [0.29, 0.717) is 23.4 Å². The summed E-state index contributed by atoms with van der Waals surface area (Å²) in [6, 6.07) is 0. The largest absolute Gasteiger partial charge is 0.481 e. The number of aryl methyl sites for hydroxylation is 1. The Morgan fingerprint density at radius 3 is 2.37 bits per heavy atom. The van der Waals surface area contributed by atoms with Gasteiger partial charge >= 0.3 is 11.9 Å². The Kier molecular flexibility index (Phi) is 5.60. The minimum atomic E-state index is -0.920. The molecule has 2 N–H and O–H groups in total. The minimum Gasteiger partial charge on any atom is -0.481 e. The van der Waals surface area contributed by atoms with Gasteiger partial charge in [-0.05, 0) is 58.4 Å². The number of thiophene rings is 1. The van der Waals surface area contributed by atoms with Crippen molar-refractivity contribution in [2.24, 2.45) is 11.8 Å². The Balaban J connectivity index is 1.85. The summed E-state index contributed by atoms with van der Waals surface area (Å²) in [5, 5.41) is 12.8. The normalized spacial score (nSPS) is 22.2. The van der Waals surface area contributed by atoms with Crippen LogP contribution in [0.3, 0.4) is 0 Å². The number of carbonyl (C=O) groups is 3. The van der Waals surface area contributed by atoms with Crippen molar-refractivity contribution in [1.29, 1.82) is 0 Å². The van der Waals surface area contributed by atoms with Crippen molar-refractivity contribution in [3.63, 3.8) is 0 Å². The number of fused-ring (bicyclic) bond motifs is 1. The van der Waals surface area contributed by atoms with Gasteiger partial charge in [-0.2, -0.15) is 0 Å². The predicted molar refractivity (Wildman–Crippen MR) is 103 cm³/mol. The van der Waals surface area contributed by atoms with Crippen LogP contribution in [0.1, 0.15) is 73.7 Å². The number of carboxylic acid groups (broad SMARTS) is 1. The molecule has 27 heavy (non-hydrogen) atoms. The molecule has 1 aromatic rings. The maximum absolute atomic E-state index is 12.8. The molecule has 0 aromatic carbocycles. The molecular formula is C20H27NO5S. The molecule has 1 saturated carbocycles. The van der Waals surface area contributed by atoms with Crippen LogP contribution < -0.4 is 5.32 Å². The smallest absolute Gasteiger partial charge is 0.341 e. The van der Waals surface area contributed by atoms with Gasteiger partial charge < -0.3 is 15.2 Å². The van der Waals surface area contributed by atoms with E-state index in [1.54, 1.807) is 0 Å². The summed E-state index contributed by atoms with van der Waals surface area (Å²) in [6.07, 6.45) is 5.46. The summed E-state index contributed by atoms with van der Waals surface area (Å²) in [6.45, 7) is 5.44. The number of rotatable bonds is 4. The van der Waals surface area contributed by atoms with Crippen LogP contribution in [0.25, 0.3) is 0 Å². The molecule has 0 spiro atoms. The monoisotopic (exact) mass is 393 g/mol. The third-order valence-corrected chi connectivity index (χ3v) is 6.39. The Labute approximate surface area is 163 Å². The van der Waals surface area contributed by atoms with Crippen LogP contribution in [-0.4, -0.2) is 28.6 Å². The van der Waals surface area contributed by atoms with Gasteiger partial charge in [-0.3, -0.25) is 9.59 Å². The van der Waals surface area contributed by atoms with E-state index in [1.165, 1.54) is 11.3 Å². The molecule has 0 aliphatic heterocycles. The van der Waals surface area contributed by atoms with Gasteiger partial charge in [0.15, 0.2) is 0 Å². The molecule has 148 valence electrons. The van der Waals surface area contributed by atoms with Gasteiger partial charge in [0.25, 0.3) is 0 Å². The van der Waals surface area contributed by atoms with E-state index in [4.69, 9.17) is 4.74 Å². The highest BCUT2D eigenvalue weighted by Crippen LogP contribution is 2.41. The number of hydrogen-bond donors (Lipinski definition) is 2. The summed E-state index contributed by atoms with van der Waals surface area (Å²) in [5.74, 6) is -2.85. The van der Waals surface area contributed by atoms with Gasteiger partial charge in [-0.15, -0.1) is 11.3 Å². The third-order valence-electron chi connectivity index (χ3n) is 5.18. The van der Waals surface area contributed by atoms with Crippen molar-refractivity contribution in [3.8, 4) is 0 Å². The summed E-state index contributed by atoms with van der Waals surface area (Å²) in [7, 11) is 0. The number of esters is 1. The van der Waals surface area contributed by atoms with E-state index >= 15 is 0 Å². The fourth-order valence-electron chi connectivity index (χ4n) is 3.98. The topological polar surface area (TPSA) is 92.7 Å². The molecule has 1 heterocycles. The van der Waals surface area contributed by atoms with Crippen molar-refractivity contribution >= 4 is 34.2 Å². The lowest BCUT2D eigenvalue weighted by Gasteiger charge is -2.27. The second kappa shape index (κ2) is 7.62. The number of amides is 1. The Morgan fingerprint density at radius 1 is 1.07 bits per heavy atom. The van der Waals surface area contributed by atoms with Crippen molar-refractivity contribution in [1.82, 2.24) is 0 Å². The average Bonchev–Trinajstić information content (AvgIpc) is 3.13. The van der Waals surface area contributed by atoms with E-state index in [1.807, 2.05) is 20.8 Å². The predicted octanol–water partition coefficient (Wildman–Crippen LogP) is 4.02. The molecule has 1 aromatic heterocycles. The van der Waals surface area contributed by atoms with Crippen molar-refractivity contribution < 1.29 is 24.2 Å². The Bertz CT molecular complexity index is 761. The molecule has 2 atom stereocenters. The van der Waals surface area contributed by atoms with Gasteiger partial charge in [-0.25, -0.2) is 4.79 Å². The molecule has 2 aliphatic rings. The van der Waals surface area contributed by atoms with Gasteiger partial charge in [0.1, 0.15) is 10.6 Å². The molecule has 7 heteroatoms. The SMILES string of the molecule is CC(C)(C)OC(=O)c1c(NC(=O)C2CCCCC2C(=O)O)sc2c1CCC2. The van der Waals surface area contributed by atoms with Crippen LogP contribution in [-0.2, 0) is 27.2 Å². The molecule has 3 rings (SSSR count). The van der Waals surface area contributed by atoms with E-state index < -0.39 is 29.4 Å². The summed E-state index contributed by atoms with van der Waals surface area (Å²) >= 11 is 1.42. The van der Waals surface area contributed by atoms with Crippen LogP contribution >= 0.6 is 11.3 Å². The van der Waals surface area contributed by atoms with Crippen LogP contribution in [0.5, 0.6) is 0 Å². The van der Waals surface area contributed by atoms with Crippen LogP contribution in [0.2, 0.25) is 0 Å². The first-order chi connectivity index (χ1) is 12.7. The van der Waals surface area contributed by atoms with Crippen molar-refractivity contribution in [2.75, 3.05) is 5.32 Å². The van der Waals surface area contributed by atoms with Gasteiger partial charge in [0.2, 0.25) is 5.91 Å². The number of carbonyl (C=O) groups excluding carboxylic acids is 2. The highest BCUT2D eigenvalue weighted by Gasteiger charge is 2.37. The fraction of sp³-hybridized carbons (Fsp3) is 0.650. The summed E-state index contributed by atoms with van der Waals surface area (Å²) < 4.78 is 5.56. The van der Waals surface area contributed by atoms with Crippen LogP contribution in [0, 0.1) is 11.8 Å². The molecule has 0 radical (unpaired) electrons. The first kappa shape index (κ1) is 19.9. The molecule has 1 fully saturated rings. The van der Waals surface area contributed by atoms with Crippen LogP contribution in [0.4, 0.5) is 5.00 Å². The maximum atomic E-state index is 12.8. The number of hydrogen-bond acceptors (Lipinski definition) is 5. The number of ether oxygens (including phenoxy) is 1. The Hall–Kier alpha value is -1.89. The van der Waals surface area contributed by atoms with E-state index in [2.05, 4.69) is 5.32 Å². The number of anilines is 1. The first-order valence-electron chi connectivity index (χ1n) is 9.59. The van der Waals surface area contributed by atoms with Crippen molar-refractivity contribution in [2.45, 2.75) is 71.3 Å². The molecule has 2 unspecified atom stereocenters. The van der Waals surface area contributed by atoms with Gasteiger partial charge in [0, 0.05) is 4.88 Å². The molecular weight excluding hydrogens is 366 g/mol. The standard InChI is InChI=1S/C20H27NO5S/c1-20(2,3)26-19(25)15-13-9-6-10-14(13)27-17(15)21-16(22)11-7-4-5-8-12(11)18(23)24/h11-12H,4-10H2,1-3H3,(H,21,22)(H,23,24). The highest BCUT2D eigenvalue weighted by molar-refractivity contribution is 7.17. The summed E-state index contributed by atoms with van der Waals surface area (Å²) in [4.78, 5) is 38.3. The highest BCUT2D eigenvalue weighted by atomic mass is 32.1. The summed E-state index contributed by atoms with van der Waals surface area (Å²) in [5.41, 5.74) is 0.810. The molecule has 0 bridgehead atoms. The molecule has 1 amide bonds. The lowest BCUT2D eigenvalue weighted by Crippen LogP contribution is -2.36. The lowest BCUT2D eigenvalue weighted by atomic mass is 9.79. The number of aliphatic carboxylic acids is 1. The van der Waals surface area contributed by atoms with E-state index in [0.717, 1.165) is 42.5 Å². The number of nitrogens with one attached hydrogen (secondary N) is 1. The average molecular weight is 394 g/mol. The quantitative estimate of drug-likeness (QED) is 0.754. The lowest BCUT2D eigenvalue weighted by molar-refractivity contribution is -0.147. The first-order valence-corrected chi connectivity index (χ1v) is 10.4. The molecule has 2 aliphatic carbocycles.